The summed E-state index contributed by atoms with van der Waals surface area (Å²) in [6, 6.07) is 0. The summed E-state index contributed by atoms with van der Waals surface area (Å²) in [5.41, 5.74) is 0. The number of Topliss-reactive ketones (excluding diaryl/α,β-unsaturated/α-hetero) is 2. The van der Waals surface area contributed by atoms with E-state index >= 15 is 0 Å². The second kappa shape index (κ2) is 6.72. The number of carbonyl (C=O) groups is 2. The molecule has 0 heterocycles. The second-order valence-electron chi connectivity index (χ2n) is 4.38. The van der Waals surface area contributed by atoms with Crippen LogP contribution in [0.15, 0.2) is 0 Å². The van der Waals surface area contributed by atoms with Gasteiger partial charge in [-0.15, -0.1) is 0 Å². The topological polar surface area (TPSA) is 54.4 Å². The molecule has 0 aliphatic heterocycles. The van der Waals surface area contributed by atoms with Gasteiger partial charge >= 0.3 is 0 Å². The maximum Gasteiger partial charge on any atom is 0.198 e. The first kappa shape index (κ1) is 12.4. The van der Waals surface area contributed by atoms with E-state index in [1.165, 1.54) is 12.8 Å². The minimum Gasteiger partial charge on any atom is -0.396 e. The Labute approximate surface area is 90.9 Å². The largest absolute Gasteiger partial charge is 0.396 e. The van der Waals surface area contributed by atoms with E-state index in [1.54, 1.807) is 0 Å². The van der Waals surface area contributed by atoms with Gasteiger partial charge in [0, 0.05) is 19.4 Å². The van der Waals surface area contributed by atoms with Gasteiger partial charge in [0.1, 0.15) is 0 Å². The first-order valence-electron chi connectivity index (χ1n) is 5.91. The van der Waals surface area contributed by atoms with Crippen LogP contribution in [0.4, 0.5) is 0 Å². The van der Waals surface area contributed by atoms with Crippen LogP contribution < -0.4 is 0 Å². The smallest absolute Gasteiger partial charge is 0.198 e. The van der Waals surface area contributed by atoms with Crippen LogP contribution in [-0.4, -0.2) is 23.3 Å². The highest BCUT2D eigenvalue weighted by Crippen LogP contribution is 2.27. The Bertz CT molecular complexity index is 217. The van der Waals surface area contributed by atoms with E-state index in [0.717, 1.165) is 12.8 Å². The van der Waals surface area contributed by atoms with Crippen LogP contribution in [0.3, 0.4) is 0 Å². The van der Waals surface area contributed by atoms with Crippen LogP contribution in [0.2, 0.25) is 0 Å². The summed E-state index contributed by atoms with van der Waals surface area (Å²) in [5.74, 6) is 0.0227. The SMILES string of the molecule is O=C(CCCCO)C(=O)CC1CCCC1. The molecule has 0 aromatic rings. The molecule has 0 bridgehead atoms. The number of aliphatic hydroxyl groups excluding tert-OH is 1. The predicted molar refractivity (Wildman–Crippen MR) is 57.5 cm³/mol. The van der Waals surface area contributed by atoms with Gasteiger partial charge in [-0.05, 0) is 18.8 Å². The molecular weight excluding hydrogens is 192 g/mol. The molecule has 86 valence electrons. The number of unbranched alkanes of at least 4 members (excludes halogenated alkanes) is 1. The Kier molecular flexibility index (Phi) is 5.54. The summed E-state index contributed by atoms with van der Waals surface area (Å²) in [6.45, 7) is 0.101. The fourth-order valence-electron chi connectivity index (χ4n) is 2.13. The monoisotopic (exact) mass is 212 g/mol. The number of hydrogen-bond acceptors (Lipinski definition) is 3. The maximum absolute atomic E-state index is 11.5. The van der Waals surface area contributed by atoms with Gasteiger partial charge in [0.05, 0.1) is 0 Å². The van der Waals surface area contributed by atoms with Crippen molar-refractivity contribution >= 4 is 11.6 Å². The lowest BCUT2D eigenvalue weighted by atomic mass is 9.97. The molecule has 1 fully saturated rings. The average molecular weight is 212 g/mol. The Balaban J connectivity index is 2.17. The summed E-state index contributed by atoms with van der Waals surface area (Å²) < 4.78 is 0. The molecule has 1 aliphatic rings. The van der Waals surface area contributed by atoms with Crippen molar-refractivity contribution in [3.8, 4) is 0 Å². The van der Waals surface area contributed by atoms with Crippen LogP contribution >= 0.6 is 0 Å². The van der Waals surface area contributed by atoms with Crippen molar-refractivity contribution in [1.82, 2.24) is 0 Å². The van der Waals surface area contributed by atoms with Crippen molar-refractivity contribution in [1.29, 1.82) is 0 Å². The first-order chi connectivity index (χ1) is 7.24. The fourth-order valence-corrected chi connectivity index (χ4v) is 2.13. The van der Waals surface area contributed by atoms with Crippen molar-refractivity contribution in [2.75, 3.05) is 6.61 Å². The van der Waals surface area contributed by atoms with Gasteiger partial charge in [-0.25, -0.2) is 0 Å². The highest BCUT2D eigenvalue weighted by Gasteiger charge is 2.21. The van der Waals surface area contributed by atoms with Crippen LogP contribution in [0.5, 0.6) is 0 Å². The molecule has 0 unspecified atom stereocenters. The molecule has 0 radical (unpaired) electrons. The lowest BCUT2D eigenvalue weighted by molar-refractivity contribution is -0.137. The van der Waals surface area contributed by atoms with Crippen molar-refractivity contribution in [3.05, 3.63) is 0 Å². The molecular formula is C12H20O3. The van der Waals surface area contributed by atoms with Crippen molar-refractivity contribution < 1.29 is 14.7 Å². The quantitative estimate of drug-likeness (QED) is 0.517. The van der Waals surface area contributed by atoms with Gasteiger partial charge in [-0.1, -0.05) is 25.7 Å². The Hall–Kier alpha value is -0.700. The van der Waals surface area contributed by atoms with Crippen molar-refractivity contribution in [2.24, 2.45) is 5.92 Å². The molecule has 1 N–H and O–H groups in total. The zero-order valence-corrected chi connectivity index (χ0v) is 9.21. The molecule has 1 rings (SSSR count). The van der Waals surface area contributed by atoms with Crippen molar-refractivity contribution in [3.63, 3.8) is 0 Å². The molecule has 0 atom stereocenters. The Morgan fingerprint density at radius 1 is 1.07 bits per heavy atom. The highest BCUT2D eigenvalue weighted by atomic mass is 16.3. The molecule has 0 saturated heterocycles. The van der Waals surface area contributed by atoms with E-state index in [-0.39, 0.29) is 18.2 Å². The zero-order chi connectivity index (χ0) is 11.1. The molecule has 0 amide bonds. The Morgan fingerprint density at radius 2 is 1.73 bits per heavy atom. The number of rotatable bonds is 7. The average Bonchev–Trinajstić information content (AvgIpc) is 2.70. The molecule has 0 spiro atoms. The lowest BCUT2D eigenvalue weighted by Crippen LogP contribution is -2.16. The molecule has 3 heteroatoms. The number of ketones is 2. The highest BCUT2D eigenvalue weighted by molar-refractivity contribution is 6.37. The molecule has 0 aromatic heterocycles. The van der Waals surface area contributed by atoms with Gasteiger partial charge in [0.15, 0.2) is 11.6 Å². The van der Waals surface area contributed by atoms with Gasteiger partial charge < -0.3 is 5.11 Å². The molecule has 1 aliphatic carbocycles. The minimum absolute atomic E-state index is 0.101. The van der Waals surface area contributed by atoms with Gasteiger partial charge in [0.2, 0.25) is 0 Å². The maximum atomic E-state index is 11.5. The molecule has 3 nitrogen and oxygen atoms in total. The van der Waals surface area contributed by atoms with E-state index in [1.807, 2.05) is 0 Å². The van der Waals surface area contributed by atoms with Crippen LogP contribution in [-0.2, 0) is 9.59 Å². The third kappa shape index (κ3) is 4.56. The van der Waals surface area contributed by atoms with Crippen molar-refractivity contribution in [2.45, 2.75) is 51.4 Å². The van der Waals surface area contributed by atoms with E-state index in [9.17, 15) is 9.59 Å². The first-order valence-corrected chi connectivity index (χ1v) is 5.91. The van der Waals surface area contributed by atoms with E-state index in [0.29, 0.717) is 31.6 Å². The second-order valence-corrected chi connectivity index (χ2v) is 4.38. The summed E-state index contributed by atoms with van der Waals surface area (Å²) in [6.07, 6.45) is 6.64. The van der Waals surface area contributed by atoms with E-state index < -0.39 is 0 Å². The van der Waals surface area contributed by atoms with Crippen LogP contribution in [0, 0.1) is 5.92 Å². The van der Waals surface area contributed by atoms with E-state index in [4.69, 9.17) is 5.11 Å². The van der Waals surface area contributed by atoms with Crippen LogP contribution in [0.25, 0.3) is 0 Å². The summed E-state index contributed by atoms with van der Waals surface area (Å²) in [4.78, 5) is 22.9. The zero-order valence-electron chi connectivity index (χ0n) is 9.21. The standard InChI is InChI=1S/C12H20O3/c13-8-4-3-7-11(14)12(15)9-10-5-1-2-6-10/h10,13H,1-9H2. The molecule has 15 heavy (non-hydrogen) atoms. The number of hydrogen-bond donors (Lipinski definition) is 1. The fraction of sp³-hybridized carbons (Fsp3) is 0.833. The van der Waals surface area contributed by atoms with Gasteiger partial charge in [-0.2, -0.15) is 0 Å². The predicted octanol–water partition coefficient (Wildman–Crippen LogP) is 1.87. The minimum atomic E-state index is -0.240. The molecule has 0 aromatic carbocycles. The number of carbonyl (C=O) groups excluding carboxylic acids is 2. The third-order valence-electron chi connectivity index (χ3n) is 3.07. The summed E-state index contributed by atoms with van der Waals surface area (Å²) in [5, 5.41) is 8.55. The molecule has 1 saturated carbocycles. The van der Waals surface area contributed by atoms with Gasteiger partial charge in [0.25, 0.3) is 0 Å². The Morgan fingerprint density at radius 3 is 2.33 bits per heavy atom. The summed E-state index contributed by atoms with van der Waals surface area (Å²) in [7, 11) is 0. The normalized spacial score (nSPS) is 16.9. The van der Waals surface area contributed by atoms with E-state index in [2.05, 4.69) is 0 Å². The van der Waals surface area contributed by atoms with Crippen LogP contribution in [0.1, 0.15) is 51.4 Å². The lowest BCUT2D eigenvalue weighted by Gasteiger charge is -2.06. The van der Waals surface area contributed by atoms with Gasteiger partial charge in [-0.3, -0.25) is 9.59 Å². The number of aliphatic hydroxyl groups is 1. The summed E-state index contributed by atoms with van der Waals surface area (Å²) >= 11 is 0. The third-order valence-corrected chi connectivity index (χ3v) is 3.07.